The summed E-state index contributed by atoms with van der Waals surface area (Å²) in [5.41, 5.74) is 0. The molecule has 0 aliphatic rings. The van der Waals surface area contributed by atoms with Crippen LogP contribution in [-0.4, -0.2) is 4.36 Å². The van der Waals surface area contributed by atoms with Gasteiger partial charge in [-0.2, -0.15) is 0 Å². The largest absolute Gasteiger partial charge is 0.287 e. The Bertz CT molecular complexity index is 329. The van der Waals surface area contributed by atoms with E-state index in [2.05, 4.69) is 6.92 Å². The van der Waals surface area contributed by atoms with Gasteiger partial charge >= 0.3 is 0 Å². The molecule has 0 rings (SSSR count). The van der Waals surface area contributed by atoms with E-state index in [9.17, 15) is 9.13 Å². The number of rotatable bonds is 8. The van der Waals surface area contributed by atoms with Gasteiger partial charge in [-0.05, 0) is 57.3 Å². The van der Waals surface area contributed by atoms with E-state index in [1.807, 2.05) is 6.92 Å². The van der Waals surface area contributed by atoms with Crippen LogP contribution in [0.25, 0.3) is 0 Å². The second kappa shape index (κ2) is 7.79. The van der Waals surface area contributed by atoms with E-state index >= 15 is 0 Å². The summed E-state index contributed by atoms with van der Waals surface area (Å²) in [7, 11) is 0. The molecule has 1 unspecified atom stereocenters. The SMILES string of the molecule is CCCCC(CC)CC(Cl)(P(=O)(Cl)Cl)P(=O)(Cl)Cl. The van der Waals surface area contributed by atoms with Crippen molar-refractivity contribution in [1.29, 1.82) is 0 Å². The Balaban J connectivity index is 5.14. The van der Waals surface area contributed by atoms with E-state index in [4.69, 9.17) is 56.6 Å². The molecular weight excluding hydrogens is 379 g/mol. The molecule has 0 fully saturated rings. The highest BCUT2D eigenvalue weighted by atomic mass is 35.9. The highest BCUT2D eigenvalue weighted by Gasteiger charge is 2.58. The van der Waals surface area contributed by atoms with Gasteiger partial charge in [-0.25, -0.2) is 0 Å². The summed E-state index contributed by atoms with van der Waals surface area (Å²) in [6.07, 6.45) is 3.71. The standard InChI is InChI=1S/C9H17Cl5O2P2/c1-3-5-6-8(4-2)7-9(10,17(11,12)15)18(13,14)16/h8H,3-7H2,1-2H3. The van der Waals surface area contributed by atoms with Crippen LogP contribution in [0.15, 0.2) is 0 Å². The molecule has 0 heterocycles. The van der Waals surface area contributed by atoms with Gasteiger partial charge < -0.3 is 0 Å². The van der Waals surface area contributed by atoms with Gasteiger partial charge in [-0.15, -0.1) is 0 Å². The number of hydrogen-bond acceptors (Lipinski definition) is 2. The molecule has 0 saturated carbocycles. The quantitative estimate of drug-likeness (QED) is 0.309. The molecule has 0 N–H and O–H groups in total. The average molecular weight is 396 g/mol. The maximum atomic E-state index is 11.9. The highest BCUT2D eigenvalue weighted by Crippen LogP contribution is 2.88. The number of unbranched alkanes of at least 4 members (excludes halogenated alkanes) is 1. The summed E-state index contributed by atoms with van der Waals surface area (Å²) < 4.78 is 21.8. The molecule has 0 aromatic heterocycles. The first-order valence-corrected chi connectivity index (χ1v) is 13.1. The van der Waals surface area contributed by atoms with Crippen LogP contribution in [0.4, 0.5) is 0 Å². The Morgan fingerprint density at radius 2 is 1.50 bits per heavy atom. The minimum atomic E-state index is -3.93. The van der Waals surface area contributed by atoms with Crippen LogP contribution in [0.5, 0.6) is 0 Å². The summed E-state index contributed by atoms with van der Waals surface area (Å²) in [6, 6.07) is 0. The Hall–Kier alpha value is 1.91. The highest BCUT2D eigenvalue weighted by molar-refractivity contribution is 8.24. The van der Waals surface area contributed by atoms with Crippen molar-refractivity contribution < 1.29 is 9.13 Å². The third kappa shape index (κ3) is 5.36. The van der Waals surface area contributed by atoms with Gasteiger partial charge in [-0.1, -0.05) is 51.1 Å². The van der Waals surface area contributed by atoms with Crippen molar-refractivity contribution in [1.82, 2.24) is 0 Å². The molecule has 0 saturated heterocycles. The van der Waals surface area contributed by atoms with Crippen LogP contribution >= 0.6 is 68.3 Å². The van der Waals surface area contributed by atoms with E-state index < -0.39 is 16.1 Å². The summed E-state index contributed by atoms with van der Waals surface area (Å²) in [6.45, 7) is 4.01. The predicted molar refractivity (Wildman–Crippen MR) is 85.1 cm³/mol. The summed E-state index contributed by atoms with van der Waals surface area (Å²) in [5.74, 6) is -7.77. The van der Waals surface area contributed by atoms with Crippen molar-refractivity contribution in [3.8, 4) is 0 Å². The third-order valence-electron chi connectivity index (χ3n) is 2.89. The Morgan fingerprint density at radius 3 is 1.78 bits per heavy atom. The Kier molecular flexibility index (Phi) is 8.61. The van der Waals surface area contributed by atoms with Crippen LogP contribution in [0, 0.1) is 5.92 Å². The molecule has 110 valence electrons. The zero-order valence-electron chi connectivity index (χ0n) is 10.2. The predicted octanol–water partition coefficient (Wildman–Crippen LogP) is 7.83. The molecule has 9 heteroatoms. The van der Waals surface area contributed by atoms with Gasteiger partial charge in [0.2, 0.25) is 4.36 Å². The summed E-state index contributed by atoms with van der Waals surface area (Å²) in [4.78, 5) is 0. The van der Waals surface area contributed by atoms with Gasteiger partial charge in [0.25, 0.3) is 11.7 Å². The average Bonchev–Trinajstić information content (AvgIpc) is 2.20. The first-order chi connectivity index (χ1) is 7.99. The first kappa shape index (κ1) is 19.9. The fourth-order valence-electron chi connectivity index (χ4n) is 1.66. The number of hydrogen-bond donors (Lipinski definition) is 0. The third-order valence-corrected chi connectivity index (χ3v) is 14.0. The molecule has 0 radical (unpaired) electrons. The van der Waals surface area contributed by atoms with Crippen LogP contribution in [0.1, 0.15) is 46.0 Å². The van der Waals surface area contributed by atoms with Crippen molar-refractivity contribution in [2.24, 2.45) is 5.92 Å². The van der Waals surface area contributed by atoms with Crippen LogP contribution in [0.2, 0.25) is 0 Å². The lowest BCUT2D eigenvalue weighted by Crippen LogP contribution is -2.19. The Morgan fingerprint density at radius 1 is 1.06 bits per heavy atom. The second-order valence-corrected chi connectivity index (χ2v) is 15.9. The van der Waals surface area contributed by atoms with E-state index in [0.717, 1.165) is 25.7 Å². The van der Waals surface area contributed by atoms with Crippen molar-refractivity contribution in [3.63, 3.8) is 0 Å². The fourth-order valence-corrected chi connectivity index (χ4v) is 9.96. The van der Waals surface area contributed by atoms with Crippen molar-refractivity contribution in [2.45, 2.75) is 50.3 Å². The Labute approximate surface area is 133 Å². The second-order valence-electron chi connectivity index (χ2n) is 4.26. The normalized spacial score (nSPS) is 15.7. The van der Waals surface area contributed by atoms with Gasteiger partial charge in [0.15, 0.2) is 0 Å². The van der Waals surface area contributed by atoms with Crippen LogP contribution < -0.4 is 0 Å². The minimum Gasteiger partial charge on any atom is -0.287 e. The van der Waals surface area contributed by atoms with E-state index in [1.54, 1.807) is 0 Å². The lowest BCUT2D eigenvalue weighted by atomic mass is 9.97. The van der Waals surface area contributed by atoms with E-state index in [0.29, 0.717) is 0 Å². The van der Waals surface area contributed by atoms with Crippen molar-refractivity contribution >= 4 is 68.3 Å². The molecule has 0 aliphatic carbocycles. The van der Waals surface area contributed by atoms with Crippen LogP contribution in [0.3, 0.4) is 0 Å². The minimum absolute atomic E-state index is 0.0825. The van der Waals surface area contributed by atoms with E-state index in [-0.39, 0.29) is 12.3 Å². The van der Waals surface area contributed by atoms with Gasteiger partial charge in [-0.3, -0.25) is 9.13 Å². The maximum Gasteiger partial charge on any atom is 0.283 e. The fraction of sp³-hybridized carbons (Fsp3) is 1.00. The molecule has 0 amide bonds. The molecule has 1 atom stereocenters. The maximum absolute atomic E-state index is 11.9. The molecular formula is C9H17Cl5O2P2. The first-order valence-electron chi connectivity index (χ1n) is 5.67. The zero-order chi connectivity index (χ0) is 14.6. The van der Waals surface area contributed by atoms with Crippen molar-refractivity contribution in [3.05, 3.63) is 0 Å². The lowest BCUT2D eigenvalue weighted by molar-refractivity contribution is 0.420. The van der Waals surface area contributed by atoms with Gasteiger partial charge in [0.05, 0.1) is 0 Å². The van der Waals surface area contributed by atoms with Gasteiger partial charge in [0, 0.05) is 0 Å². The topological polar surface area (TPSA) is 34.1 Å². The zero-order valence-corrected chi connectivity index (χ0v) is 15.8. The summed E-state index contributed by atoms with van der Waals surface area (Å²) in [5, 5.41) is 0. The molecule has 0 spiro atoms. The van der Waals surface area contributed by atoms with Gasteiger partial charge in [0.1, 0.15) is 0 Å². The number of halogens is 5. The summed E-state index contributed by atoms with van der Waals surface area (Å²) >= 11 is 28.5. The van der Waals surface area contributed by atoms with Crippen LogP contribution in [-0.2, 0) is 9.13 Å². The molecule has 0 aromatic carbocycles. The number of alkyl halides is 1. The van der Waals surface area contributed by atoms with E-state index in [1.165, 1.54) is 0 Å². The molecule has 0 aliphatic heterocycles. The lowest BCUT2D eigenvalue weighted by Gasteiger charge is -2.31. The monoisotopic (exact) mass is 394 g/mol. The molecule has 0 aromatic rings. The van der Waals surface area contributed by atoms with Crippen molar-refractivity contribution in [2.75, 3.05) is 0 Å². The molecule has 18 heavy (non-hydrogen) atoms. The molecule has 2 nitrogen and oxygen atoms in total. The molecule has 0 bridgehead atoms. The smallest absolute Gasteiger partial charge is 0.283 e.